The molecule has 58 heavy (non-hydrogen) atoms. The number of rotatable bonds is 1. The first-order valence-electron chi connectivity index (χ1n) is 19.9. The van der Waals surface area contributed by atoms with E-state index >= 15 is 0 Å². The largest absolute Gasteiger partial charge is 0.456 e. The Labute approximate surface area is 329 Å². The molecule has 0 atom stereocenters. The average molecular weight is 739 g/mol. The zero-order chi connectivity index (χ0) is 37.4. The molecule has 0 aliphatic carbocycles. The molecule has 5 nitrogen and oxygen atoms in total. The summed E-state index contributed by atoms with van der Waals surface area (Å²) >= 11 is 0. The quantitative estimate of drug-likeness (QED) is 0.157. The lowest BCUT2D eigenvalue weighted by atomic mass is 9.44. The summed E-state index contributed by atoms with van der Waals surface area (Å²) in [6.45, 7) is -0.165. The third-order valence-electron chi connectivity index (χ3n) is 13.1. The summed E-state index contributed by atoms with van der Waals surface area (Å²) in [5.74, 6) is 0. The summed E-state index contributed by atoms with van der Waals surface area (Å²) in [6, 6.07) is 59.1. The Morgan fingerprint density at radius 1 is 0.414 bits per heavy atom. The number of benzene rings is 9. The Morgan fingerprint density at radius 2 is 1.07 bits per heavy atom. The van der Waals surface area contributed by atoms with Crippen molar-refractivity contribution in [2.45, 2.75) is 0 Å². The van der Waals surface area contributed by atoms with Crippen LogP contribution in [-0.2, 0) is 0 Å². The molecule has 15 rings (SSSR count). The maximum Gasteiger partial charge on any atom is 0.333 e. The highest BCUT2D eigenvalue weighted by Crippen LogP contribution is 2.51. The van der Waals surface area contributed by atoms with Crippen molar-refractivity contribution in [3.63, 3.8) is 0 Å². The first kappa shape index (κ1) is 29.6. The van der Waals surface area contributed by atoms with Crippen LogP contribution < -0.4 is 15.8 Å². The SMILES string of the molecule is c1ccc2c(c1)ccc1c2c2cccc3c2n1B1c2cc4oc5ccccc5c4cc2N(c2ccc4oc5ccccc5c4c2)c2cc4oc5ccccc5c4c-3c21. The van der Waals surface area contributed by atoms with Crippen molar-refractivity contribution < 1.29 is 13.3 Å². The van der Waals surface area contributed by atoms with E-state index in [0.717, 1.165) is 82.9 Å². The van der Waals surface area contributed by atoms with Gasteiger partial charge in [-0.1, -0.05) is 103 Å². The highest BCUT2D eigenvalue weighted by atomic mass is 16.3. The van der Waals surface area contributed by atoms with Crippen molar-refractivity contribution >= 4 is 133 Å². The minimum atomic E-state index is -0.165. The van der Waals surface area contributed by atoms with Gasteiger partial charge in [0.2, 0.25) is 0 Å². The van der Waals surface area contributed by atoms with E-state index in [1.165, 1.54) is 54.6 Å². The van der Waals surface area contributed by atoms with E-state index in [1.54, 1.807) is 0 Å². The average Bonchev–Trinajstić information content (AvgIpc) is 4.03. The van der Waals surface area contributed by atoms with Crippen molar-refractivity contribution in [3.8, 4) is 11.1 Å². The Hall–Kier alpha value is -7.70. The number of fused-ring (bicyclic) bond motifs is 19. The van der Waals surface area contributed by atoms with Crippen LogP contribution in [0.3, 0.4) is 0 Å². The van der Waals surface area contributed by atoms with Crippen LogP contribution in [0.2, 0.25) is 0 Å². The van der Waals surface area contributed by atoms with Gasteiger partial charge >= 0.3 is 6.85 Å². The molecule has 0 fully saturated rings. The highest BCUT2D eigenvalue weighted by molar-refractivity contribution is 6.90. The highest BCUT2D eigenvalue weighted by Gasteiger charge is 2.45. The Bertz CT molecular complexity index is 4010. The molecule has 0 radical (unpaired) electrons. The second kappa shape index (κ2) is 10.2. The van der Waals surface area contributed by atoms with Gasteiger partial charge < -0.3 is 22.6 Å². The summed E-state index contributed by atoms with van der Waals surface area (Å²) in [5, 5.41) is 11.7. The molecule has 9 aromatic carbocycles. The molecule has 2 aliphatic rings. The van der Waals surface area contributed by atoms with Crippen molar-refractivity contribution in [3.05, 3.63) is 164 Å². The second-order valence-corrected chi connectivity index (χ2v) is 15.9. The van der Waals surface area contributed by atoms with Crippen LogP contribution in [0.4, 0.5) is 17.1 Å². The Kier molecular flexibility index (Phi) is 5.19. The second-order valence-electron chi connectivity index (χ2n) is 15.9. The molecule has 2 aliphatic heterocycles. The summed E-state index contributed by atoms with van der Waals surface area (Å²) in [4.78, 5) is 2.46. The fourth-order valence-electron chi connectivity index (χ4n) is 10.8. The van der Waals surface area contributed by atoms with Gasteiger partial charge in [0.1, 0.15) is 33.5 Å². The van der Waals surface area contributed by atoms with Crippen LogP contribution in [0, 0.1) is 0 Å². The number of anilines is 3. The number of aromatic nitrogens is 1. The molecule has 0 N–H and O–H groups in total. The first-order valence-corrected chi connectivity index (χ1v) is 19.9. The number of nitrogens with zero attached hydrogens (tertiary/aromatic N) is 2. The van der Waals surface area contributed by atoms with Gasteiger partial charge in [-0.25, -0.2) is 0 Å². The molecule has 0 amide bonds. The predicted molar refractivity (Wildman–Crippen MR) is 239 cm³/mol. The number of para-hydroxylation sites is 4. The van der Waals surface area contributed by atoms with Crippen LogP contribution in [0.15, 0.2) is 177 Å². The molecule has 6 heterocycles. The van der Waals surface area contributed by atoms with Crippen molar-refractivity contribution in [2.75, 3.05) is 4.90 Å². The maximum absolute atomic E-state index is 6.86. The smallest absolute Gasteiger partial charge is 0.333 e. The van der Waals surface area contributed by atoms with Crippen molar-refractivity contribution in [2.24, 2.45) is 0 Å². The van der Waals surface area contributed by atoms with E-state index in [2.05, 4.69) is 155 Å². The molecular weight excluding hydrogens is 711 g/mol. The van der Waals surface area contributed by atoms with Gasteiger partial charge in [0.25, 0.3) is 0 Å². The molecule has 0 saturated heterocycles. The van der Waals surface area contributed by atoms with Crippen molar-refractivity contribution in [1.29, 1.82) is 0 Å². The van der Waals surface area contributed by atoms with E-state index in [0.29, 0.717) is 0 Å². The Balaban J connectivity index is 1.17. The van der Waals surface area contributed by atoms with Gasteiger partial charge in [0.15, 0.2) is 0 Å². The predicted octanol–water partition coefficient (Wildman–Crippen LogP) is 13.1. The van der Waals surface area contributed by atoms with Crippen LogP contribution in [-0.4, -0.2) is 11.3 Å². The molecule has 266 valence electrons. The number of furan rings is 3. The van der Waals surface area contributed by atoms with E-state index in [-0.39, 0.29) is 6.85 Å². The van der Waals surface area contributed by atoms with Gasteiger partial charge in [0, 0.05) is 82.8 Å². The summed E-state index contributed by atoms with van der Waals surface area (Å²) in [6.07, 6.45) is 0. The molecular formula is C52H27BN2O3. The molecule has 13 aromatic rings. The lowest BCUT2D eigenvalue weighted by Crippen LogP contribution is -2.56. The molecule has 6 heteroatoms. The normalized spacial score (nSPS) is 13.4. The van der Waals surface area contributed by atoms with Crippen LogP contribution in [0.5, 0.6) is 0 Å². The van der Waals surface area contributed by atoms with Gasteiger partial charge in [-0.2, -0.15) is 0 Å². The molecule has 4 aromatic heterocycles. The fraction of sp³-hybridized carbons (Fsp3) is 0. The lowest BCUT2D eigenvalue weighted by molar-refractivity contribution is 0.668. The maximum atomic E-state index is 6.86. The number of hydrogen-bond donors (Lipinski definition) is 0. The third-order valence-corrected chi connectivity index (χ3v) is 13.1. The zero-order valence-electron chi connectivity index (χ0n) is 30.8. The molecule has 0 unspecified atom stereocenters. The summed E-state index contributed by atoms with van der Waals surface area (Å²) in [5.41, 5.74) is 15.9. The standard InChI is InChI=1S/C52H27BN2O3/c1-2-11-30-28(10-1)20-22-39-48(30)34-15-9-16-35-50-49-33-14-5-8-19-44(33)58-47(49)27-41-51(50)53(55(39)52(34)35)38-26-46-37(32-13-4-7-18-43(32)57-46)25-40(38)54(41)29-21-23-45-36(24-29)31-12-3-6-17-42(31)56-45/h1-27H. The van der Waals surface area contributed by atoms with Crippen LogP contribution in [0.25, 0.3) is 110 Å². The summed E-state index contributed by atoms with van der Waals surface area (Å²) in [7, 11) is 0. The fourth-order valence-corrected chi connectivity index (χ4v) is 10.8. The van der Waals surface area contributed by atoms with E-state index in [9.17, 15) is 0 Å². The van der Waals surface area contributed by atoms with Crippen molar-refractivity contribution in [1.82, 2.24) is 4.48 Å². The first-order chi connectivity index (χ1) is 28.8. The lowest BCUT2D eigenvalue weighted by Gasteiger charge is -2.40. The van der Waals surface area contributed by atoms with Gasteiger partial charge in [-0.3, -0.25) is 0 Å². The zero-order valence-corrected chi connectivity index (χ0v) is 30.8. The van der Waals surface area contributed by atoms with Gasteiger partial charge in [-0.15, -0.1) is 0 Å². The monoisotopic (exact) mass is 738 g/mol. The van der Waals surface area contributed by atoms with E-state index in [1.807, 2.05) is 18.2 Å². The van der Waals surface area contributed by atoms with Gasteiger partial charge in [-0.05, 0) is 81.9 Å². The minimum absolute atomic E-state index is 0.165. The minimum Gasteiger partial charge on any atom is -0.456 e. The number of hydrogen-bond acceptors (Lipinski definition) is 4. The molecule has 0 spiro atoms. The molecule has 0 bridgehead atoms. The van der Waals surface area contributed by atoms with Crippen LogP contribution >= 0.6 is 0 Å². The van der Waals surface area contributed by atoms with Crippen LogP contribution in [0.1, 0.15) is 0 Å². The summed E-state index contributed by atoms with van der Waals surface area (Å²) < 4.78 is 22.6. The van der Waals surface area contributed by atoms with Gasteiger partial charge in [0.05, 0.1) is 0 Å². The third kappa shape index (κ3) is 3.48. The molecule has 0 saturated carbocycles. The topological polar surface area (TPSA) is 47.6 Å². The van der Waals surface area contributed by atoms with E-state index < -0.39 is 0 Å². The van der Waals surface area contributed by atoms with E-state index in [4.69, 9.17) is 13.3 Å². The Morgan fingerprint density at radius 3 is 1.90 bits per heavy atom.